The zero-order valence-electron chi connectivity index (χ0n) is 21.2. The van der Waals surface area contributed by atoms with E-state index in [-0.39, 0.29) is 24.1 Å². The molecule has 0 amide bonds. The minimum absolute atomic E-state index is 0.0589. The summed E-state index contributed by atoms with van der Waals surface area (Å²) in [6, 6.07) is 14.1. The first-order valence-electron chi connectivity index (χ1n) is 12.9. The van der Waals surface area contributed by atoms with Crippen molar-refractivity contribution in [1.82, 2.24) is 9.88 Å². The highest BCUT2D eigenvalue weighted by Gasteiger charge is 2.31. The number of aliphatic hydroxyl groups excluding tert-OH is 1. The highest BCUT2D eigenvalue weighted by atomic mass is 32.2. The lowest BCUT2D eigenvalue weighted by Gasteiger charge is -2.38. The van der Waals surface area contributed by atoms with E-state index in [0.29, 0.717) is 6.42 Å². The predicted octanol–water partition coefficient (Wildman–Crippen LogP) is 5.79. The molecule has 8 heteroatoms. The number of hydrogen-bond donors (Lipinski definition) is 2. The van der Waals surface area contributed by atoms with Gasteiger partial charge in [-0.25, -0.2) is 4.39 Å². The number of methoxy groups -OCH3 is 1. The van der Waals surface area contributed by atoms with Gasteiger partial charge in [0.1, 0.15) is 11.6 Å². The van der Waals surface area contributed by atoms with E-state index in [9.17, 15) is 19.4 Å². The van der Waals surface area contributed by atoms with Gasteiger partial charge in [-0.1, -0.05) is 6.07 Å². The number of ether oxygens (including phenoxy) is 1. The number of hydrogen-bond acceptors (Lipinski definition) is 6. The smallest absolute Gasteiger partial charge is 0.303 e. The molecule has 1 aliphatic rings. The van der Waals surface area contributed by atoms with Crippen molar-refractivity contribution in [3.8, 4) is 5.75 Å². The monoisotopic (exact) mass is 526 g/mol. The van der Waals surface area contributed by atoms with Crippen LogP contribution in [0.3, 0.4) is 0 Å². The van der Waals surface area contributed by atoms with Crippen molar-refractivity contribution in [2.75, 3.05) is 32.5 Å². The third-order valence-corrected chi connectivity index (χ3v) is 8.33. The molecule has 2 heterocycles. The molecular formula is C29H35FN2O4S. The van der Waals surface area contributed by atoms with E-state index in [4.69, 9.17) is 4.74 Å². The van der Waals surface area contributed by atoms with Crippen LogP contribution in [0.15, 0.2) is 59.6 Å². The van der Waals surface area contributed by atoms with E-state index in [1.807, 2.05) is 30.3 Å². The lowest BCUT2D eigenvalue weighted by molar-refractivity contribution is -0.139. The number of likely N-dealkylation sites (tertiary alicyclic amines) is 1. The largest absolute Gasteiger partial charge is 0.497 e. The molecule has 0 aliphatic carbocycles. The van der Waals surface area contributed by atoms with E-state index in [1.165, 1.54) is 6.07 Å². The van der Waals surface area contributed by atoms with Crippen molar-refractivity contribution in [3.05, 3.63) is 66.1 Å². The van der Waals surface area contributed by atoms with E-state index in [0.717, 1.165) is 71.8 Å². The SMILES string of the molecule is COc1ccc2nccc(C(O)CC[C@@H]3CCN(CCCSc4cccc(F)c4)C[C@@H]3CC(=O)O)c2c1. The Morgan fingerprint density at radius 1 is 1.24 bits per heavy atom. The Labute approximate surface area is 221 Å². The molecule has 0 spiro atoms. The Balaban J connectivity index is 1.31. The second-order valence-electron chi connectivity index (χ2n) is 9.74. The minimum atomic E-state index is -0.772. The van der Waals surface area contributed by atoms with Crippen LogP contribution in [0.4, 0.5) is 4.39 Å². The van der Waals surface area contributed by atoms with Crippen molar-refractivity contribution < 1.29 is 24.1 Å². The summed E-state index contributed by atoms with van der Waals surface area (Å²) in [6.07, 6.45) is 4.43. The fourth-order valence-corrected chi connectivity index (χ4v) is 6.20. The number of aliphatic carboxylic acids is 1. The van der Waals surface area contributed by atoms with Crippen LogP contribution in [0.1, 0.15) is 43.8 Å². The van der Waals surface area contributed by atoms with Gasteiger partial charge in [-0.15, -0.1) is 11.8 Å². The molecule has 6 nitrogen and oxygen atoms in total. The topological polar surface area (TPSA) is 82.9 Å². The van der Waals surface area contributed by atoms with Gasteiger partial charge in [-0.2, -0.15) is 0 Å². The fraction of sp³-hybridized carbons (Fsp3) is 0.448. The quantitative estimate of drug-likeness (QED) is 0.228. The number of rotatable bonds is 12. The van der Waals surface area contributed by atoms with Gasteiger partial charge in [0, 0.05) is 29.4 Å². The van der Waals surface area contributed by atoms with E-state index >= 15 is 0 Å². The molecule has 1 aliphatic heterocycles. The molecular weight excluding hydrogens is 491 g/mol. The molecule has 198 valence electrons. The van der Waals surface area contributed by atoms with Crippen LogP contribution in [0.25, 0.3) is 10.9 Å². The summed E-state index contributed by atoms with van der Waals surface area (Å²) in [5.74, 6) is 0.938. The van der Waals surface area contributed by atoms with Crippen LogP contribution in [0.5, 0.6) is 5.75 Å². The Morgan fingerprint density at radius 3 is 2.89 bits per heavy atom. The molecule has 0 saturated carbocycles. The maximum Gasteiger partial charge on any atom is 0.303 e. The first kappa shape index (κ1) is 27.4. The molecule has 3 atom stereocenters. The van der Waals surface area contributed by atoms with Gasteiger partial charge in [-0.05, 0) is 104 Å². The van der Waals surface area contributed by atoms with Crippen molar-refractivity contribution in [1.29, 1.82) is 0 Å². The summed E-state index contributed by atoms with van der Waals surface area (Å²) in [4.78, 5) is 19.3. The molecule has 2 aromatic carbocycles. The van der Waals surface area contributed by atoms with Crippen LogP contribution < -0.4 is 4.74 Å². The number of thioether (sulfide) groups is 1. The third-order valence-electron chi connectivity index (χ3n) is 7.25. The van der Waals surface area contributed by atoms with Crippen molar-refractivity contribution in [2.45, 2.75) is 43.1 Å². The number of halogens is 1. The summed E-state index contributed by atoms with van der Waals surface area (Å²) in [5.41, 5.74) is 1.64. The van der Waals surface area contributed by atoms with Crippen LogP contribution in [0, 0.1) is 17.7 Å². The normalized spacial score (nSPS) is 19.1. The summed E-state index contributed by atoms with van der Waals surface area (Å²) < 4.78 is 18.7. The highest BCUT2D eigenvalue weighted by molar-refractivity contribution is 7.99. The number of carboxylic acid groups (broad SMARTS) is 1. The Hall–Kier alpha value is -2.68. The van der Waals surface area contributed by atoms with Gasteiger partial charge in [0.25, 0.3) is 0 Å². The fourth-order valence-electron chi connectivity index (χ4n) is 5.32. The maximum absolute atomic E-state index is 13.4. The van der Waals surface area contributed by atoms with Gasteiger partial charge in [-0.3, -0.25) is 9.78 Å². The molecule has 0 bridgehead atoms. The number of pyridine rings is 1. The second-order valence-corrected chi connectivity index (χ2v) is 10.9. The summed E-state index contributed by atoms with van der Waals surface area (Å²) in [7, 11) is 1.62. The number of carboxylic acids is 1. The molecule has 1 saturated heterocycles. The minimum Gasteiger partial charge on any atom is -0.497 e. The lowest BCUT2D eigenvalue weighted by atomic mass is 9.79. The molecule has 0 radical (unpaired) electrons. The molecule has 1 aromatic heterocycles. The van der Waals surface area contributed by atoms with Gasteiger partial charge in [0.2, 0.25) is 0 Å². The molecule has 2 N–H and O–H groups in total. The molecule has 4 rings (SSSR count). The van der Waals surface area contributed by atoms with Crippen molar-refractivity contribution in [2.24, 2.45) is 11.8 Å². The van der Waals surface area contributed by atoms with Crippen molar-refractivity contribution >= 4 is 28.6 Å². The van der Waals surface area contributed by atoms with Crippen molar-refractivity contribution in [3.63, 3.8) is 0 Å². The van der Waals surface area contributed by atoms with Gasteiger partial charge >= 0.3 is 5.97 Å². The Kier molecular flexibility index (Phi) is 9.77. The zero-order chi connectivity index (χ0) is 26.2. The average molecular weight is 527 g/mol. The summed E-state index contributed by atoms with van der Waals surface area (Å²) >= 11 is 1.65. The third kappa shape index (κ3) is 7.66. The van der Waals surface area contributed by atoms with Crippen LogP contribution in [0.2, 0.25) is 0 Å². The lowest BCUT2D eigenvalue weighted by Crippen LogP contribution is -2.42. The first-order valence-corrected chi connectivity index (χ1v) is 13.8. The van der Waals surface area contributed by atoms with Crippen LogP contribution in [-0.2, 0) is 4.79 Å². The number of carbonyl (C=O) groups is 1. The zero-order valence-corrected chi connectivity index (χ0v) is 22.0. The number of nitrogens with zero attached hydrogens (tertiary/aromatic N) is 2. The maximum atomic E-state index is 13.4. The summed E-state index contributed by atoms with van der Waals surface area (Å²) in [6.45, 7) is 2.59. The summed E-state index contributed by atoms with van der Waals surface area (Å²) in [5, 5.41) is 21.5. The molecule has 1 fully saturated rings. The highest BCUT2D eigenvalue weighted by Crippen LogP contribution is 2.35. The molecule has 1 unspecified atom stereocenters. The van der Waals surface area contributed by atoms with Crippen LogP contribution in [-0.4, -0.2) is 58.6 Å². The van der Waals surface area contributed by atoms with E-state index < -0.39 is 12.1 Å². The number of aliphatic hydroxyl groups is 1. The Morgan fingerprint density at radius 2 is 2.11 bits per heavy atom. The standard InChI is InChI=1S/C29H35FN2O4S/c1-36-23-7-8-27-26(18-23)25(10-12-31-27)28(33)9-6-20-11-14-32(19-21(20)16-29(34)35)13-3-15-37-24-5-2-4-22(30)17-24/h2,4-5,7-8,10,12,17-18,20-21,28,33H,3,6,9,11,13-16,19H2,1H3,(H,34,35)/t20-,21+,28?/m1/s1. The Bertz CT molecular complexity index is 1190. The van der Waals surface area contributed by atoms with Crippen LogP contribution >= 0.6 is 11.8 Å². The van der Waals surface area contributed by atoms with E-state index in [1.54, 1.807) is 37.2 Å². The number of piperidine rings is 1. The number of benzene rings is 2. The number of aromatic nitrogens is 1. The number of fused-ring (bicyclic) bond motifs is 1. The second kappa shape index (κ2) is 13.2. The van der Waals surface area contributed by atoms with E-state index in [2.05, 4.69) is 9.88 Å². The van der Waals surface area contributed by atoms with Gasteiger partial charge < -0.3 is 19.8 Å². The predicted molar refractivity (Wildman–Crippen MR) is 145 cm³/mol. The molecule has 3 aromatic rings. The average Bonchev–Trinajstić information content (AvgIpc) is 2.89. The van der Waals surface area contributed by atoms with Gasteiger partial charge in [0.05, 0.1) is 18.7 Å². The first-order chi connectivity index (χ1) is 17.9. The van der Waals surface area contributed by atoms with Gasteiger partial charge in [0.15, 0.2) is 0 Å². The molecule has 37 heavy (non-hydrogen) atoms.